The Labute approximate surface area is 192 Å². The molecule has 32 heavy (non-hydrogen) atoms. The summed E-state index contributed by atoms with van der Waals surface area (Å²) in [5, 5.41) is 3.26. The molecule has 1 aliphatic rings. The van der Waals surface area contributed by atoms with Gasteiger partial charge < -0.3 is 4.90 Å². The zero-order valence-electron chi connectivity index (χ0n) is 17.8. The summed E-state index contributed by atoms with van der Waals surface area (Å²) in [6, 6.07) is 9.20. The number of carbonyl (C=O) groups excluding carboxylic acids is 1. The normalized spacial score (nSPS) is 15.0. The lowest BCUT2D eigenvalue weighted by Gasteiger charge is -2.34. The van der Waals surface area contributed by atoms with Gasteiger partial charge in [0.2, 0.25) is 0 Å². The van der Waals surface area contributed by atoms with Crippen molar-refractivity contribution < 1.29 is 13.2 Å². The largest absolute Gasteiger partial charge is 0.336 e. The topological polar surface area (TPSA) is 95.5 Å². The molecule has 1 N–H and O–H groups in total. The molecule has 168 valence electrons. The number of pyridine rings is 1. The number of aromatic nitrogens is 2. The summed E-state index contributed by atoms with van der Waals surface area (Å²) in [4.78, 5) is 25.6. The Bertz CT molecular complexity index is 1160. The van der Waals surface area contributed by atoms with Crippen LogP contribution in [0.5, 0.6) is 0 Å². The lowest BCUT2D eigenvalue weighted by Crippen LogP contribution is -2.48. The van der Waals surface area contributed by atoms with Crippen molar-refractivity contribution in [1.29, 1.82) is 0 Å². The van der Waals surface area contributed by atoms with E-state index in [-0.39, 0.29) is 10.8 Å². The molecule has 4 rings (SSSR count). The van der Waals surface area contributed by atoms with E-state index in [4.69, 9.17) is 0 Å². The van der Waals surface area contributed by atoms with Gasteiger partial charge in [0.25, 0.3) is 15.9 Å². The Morgan fingerprint density at radius 1 is 1.06 bits per heavy atom. The van der Waals surface area contributed by atoms with E-state index < -0.39 is 10.0 Å². The fourth-order valence-corrected chi connectivity index (χ4v) is 5.31. The molecule has 0 saturated carbocycles. The van der Waals surface area contributed by atoms with Crippen LogP contribution in [0.15, 0.2) is 59.1 Å². The van der Waals surface area contributed by atoms with Crippen LogP contribution in [-0.2, 0) is 23.0 Å². The summed E-state index contributed by atoms with van der Waals surface area (Å²) in [6.45, 7) is 5.74. The minimum atomic E-state index is -3.73. The van der Waals surface area contributed by atoms with Crippen molar-refractivity contribution in [3.8, 4) is 0 Å². The lowest BCUT2D eigenvalue weighted by molar-refractivity contribution is 0.0627. The van der Waals surface area contributed by atoms with Crippen molar-refractivity contribution in [3.05, 3.63) is 70.4 Å². The van der Waals surface area contributed by atoms with Gasteiger partial charge in [0.05, 0.1) is 21.3 Å². The van der Waals surface area contributed by atoms with Gasteiger partial charge in [-0.3, -0.25) is 19.4 Å². The van der Waals surface area contributed by atoms with Crippen molar-refractivity contribution in [2.24, 2.45) is 0 Å². The van der Waals surface area contributed by atoms with E-state index in [1.807, 2.05) is 4.90 Å². The third-order valence-electron chi connectivity index (χ3n) is 5.29. The minimum absolute atomic E-state index is 0.0855. The van der Waals surface area contributed by atoms with Crippen LogP contribution in [-0.4, -0.2) is 60.3 Å². The van der Waals surface area contributed by atoms with E-state index in [9.17, 15) is 13.2 Å². The number of aryl methyl sites for hydroxylation is 1. The van der Waals surface area contributed by atoms with Crippen LogP contribution in [0.1, 0.15) is 28.0 Å². The number of nitrogens with zero attached hydrogens (tertiary/aromatic N) is 4. The molecule has 1 fully saturated rings. The SMILES string of the molecule is CCc1nc(CN2CCN(C(=O)c3ccc(S(=O)(=O)Nc4ccncc4)cc3)CC2)cs1. The van der Waals surface area contributed by atoms with Crippen molar-refractivity contribution in [1.82, 2.24) is 19.8 Å². The van der Waals surface area contributed by atoms with E-state index in [1.165, 1.54) is 24.5 Å². The zero-order valence-corrected chi connectivity index (χ0v) is 19.4. The van der Waals surface area contributed by atoms with Gasteiger partial charge in [0, 0.05) is 56.1 Å². The number of hydrogen-bond acceptors (Lipinski definition) is 7. The Morgan fingerprint density at radius 2 is 1.75 bits per heavy atom. The van der Waals surface area contributed by atoms with E-state index in [1.54, 1.807) is 35.6 Å². The highest BCUT2D eigenvalue weighted by atomic mass is 32.2. The number of rotatable bonds is 7. The fourth-order valence-electron chi connectivity index (χ4n) is 3.52. The summed E-state index contributed by atoms with van der Waals surface area (Å²) in [5.41, 5.74) is 2.00. The van der Waals surface area contributed by atoms with Crippen LogP contribution in [0.25, 0.3) is 0 Å². The number of benzene rings is 1. The van der Waals surface area contributed by atoms with Crippen molar-refractivity contribution in [2.75, 3.05) is 30.9 Å². The maximum Gasteiger partial charge on any atom is 0.261 e. The molecule has 8 nitrogen and oxygen atoms in total. The van der Waals surface area contributed by atoms with Gasteiger partial charge in [-0.15, -0.1) is 11.3 Å². The number of piperazine rings is 1. The fraction of sp³-hybridized carbons (Fsp3) is 0.318. The minimum Gasteiger partial charge on any atom is -0.336 e. The summed E-state index contributed by atoms with van der Waals surface area (Å²) < 4.78 is 27.6. The average molecular weight is 472 g/mol. The molecule has 0 radical (unpaired) electrons. The van der Waals surface area contributed by atoms with Gasteiger partial charge in [0.15, 0.2) is 0 Å². The number of hydrogen-bond donors (Lipinski definition) is 1. The van der Waals surface area contributed by atoms with Crippen LogP contribution in [0.2, 0.25) is 0 Å². The number of thiazole rings is 1. The molecule has 3 aromatic rings. The third-order valence-corrected chi connectivity index (χ3v) is 7.73. The van der Waals surface area contributed by atoms with E-state index in [0.29, 0.717) is 24.3 Å². The van der Waals surface area contributed by atoms with Gasteiger partial charge in [-0.1, -0.05) is 6.92 Å². The van der Waals surface area contributed by atoms with Gasteiger partial charge >= 0.3 is 0 Å². The molecule has 1 aliphatic heterocycles. The van der Waals surface area contributed by atoms with Crippen LogP contribution >= 0.6 is 11.3 Å². The predicted octanol–water partition coefficient (Wildman–Crippen LogP) is 2.86. The average Bonchev–Trinajstić information content (AvgIpc) is 3.27. The van der Waals surface area contributed by atoms with Crippen molar-refractivity contribution in [2.45, 2.75) is 24.8 Å². The quantitative estimate of drug-likeness (QED) is 0.569. The molecule has 0 unspecified atom stereocenters. The molecular formula is C22H25N5O3S2. The van der Waals surface area contributed by atoms with E-state index in [2.05, 4.69) is 31.9 Å². The molecule has 0 atom stereocenters. The molecule has 1 amide bonds. The smallest absolute Gasteiger partial charge is 0.261 e. The highest BCUT2D eigenvalue weighted by Gasteiger charge is 2.23. The molecule has 1 aromatic carbocycles. The number of sulfonamides is 1. The zero-order chi connectivity index (χ0) is 22.6. The molecule has 0 spiro atoms. The monoisotopic (exact) mass is 471 g/mol. The van der Waals surface area contributed by atoms with Gasteiger partial charge in [-0.05, 0) is 42.8 Å². The molecule has 10 heteroatoms. The van der Waals surface area contributed by atoms with E-state index in [0.717, 1.165) is 36.8 Å². The first-order chi connectivity index (χ1) is 15.4. The van der Waals surface area contributed by atoms with Crippen LogP contribution in [0, 0.1) is 0 Å². The number of anilines is 1. The van der Waals surface area contributed by atoms with Crippen LogP contribution < -0.4 is 4.72 Å². The Balaban J connectivity index is 1.34. The van der Waals surface area contributed by atoms with Crippen LogP contribution in [0.3, 0.4) is 0 Å². The van der Waals surface area contributed by atoms with Crippen molar-refractivity contribution >= 4 is 33.0 Å². The van der Waals surface area contributed by atoms with Crippen molar-refractivity contribution in [3.63, 3.8) is 0 Å². The van der Waals surface area contributed by atoms with E-state index >= 15 is 0 Å². The Morgan fingerprint density at radius 3 is 2.38 bits per heavy atom. The number of carbonyl (C=O) groups is 1. The van der Waals surface area contributed by atoms with Crippen LogP contribution in [0.4, 0.5) is 5.69 Å². The lowest BCUT2D eigenvalue weighted by atomic mass is 10.2. The summed E-state index contributed by atoms with van der Waals surface area (Å²) in [6.07, 6.45) is 3.98. The number of nitrogens with one attached hydrogen (secondary N) is 1. The Hall–Kier alpha value is -2.82. The van der Waals surface area contributed by atoms with Gasteiger partial charge in [0.1, 0.15) is 0 Å². The predicted molar refractivity (Wildman–Crippen MR) is 124 cm³/mol. The molecule has 0 bridgehead atoms. The molecule has 0 aliphatic carbocycles. The molecular weight excluding hydrogens is 446 g/mol. The first kappa shape index (κ1) is 22.4. The second-order valence-electron chi connectivity index (χ2n) is 7.52. The highest BCUT2D eigenvalue weighted by molar-refractivity contribution is 7.92. The van der Waals surface area contributed by atoms with Gasteiger partial charge in [-0.25, -0.2) is 13.4 Å². The summed E-state index contributed by atoms with van der Waals surface area (Å²) >= 11 is 1.69. The highest BCUT2D eigenvalue weighted by Crippen LogP contribution is 2.18. The second kappa shape index (κ2) is 9.76. The second-order valence-corrected chi connectivity index (χ2v) is 10.1. The standard InChI is InChI=1S/C22H25N5O3S2/c1-2-21-24-19(16-31-21)15-26-11-13-27(14-12-26)22(28)17-3-5-20(6-4-17)32(29,30)25-18-7-9-23-10-8-18/h3-10,16H,2,11-15H2,1H3,(H,23,25). The molecule has 3 heterocycles. The maximum atomic E-state index is 12.9. The maximum absolute atomic E-state index is 12.9. The number of amides is 1. The molecule has 1 saturated heterocycles. The third kappa shape index (κ3) is 5.32. The summed E-state index contributed by atoms with van der Waals surface area (Å²) in [5.74, 6) is -0.0855. The summed E-state index contributed by atoms with van der Waals surface area (Å²) in [7, 11) is -3.73. The molecule has 2 aromatic heterocycles. The first-order valence-electron chi connectivity index (χ1n) is 10.4. The Kier molecular flexibility index (Phi) is 6.83. The van der Waals surface area contributed by atoms with Gasteiger partial charge in [-0.2, -0.15) is 0 Å². The first-order valence-corrected chi connectivity index (χ1v) is 12.8.